The summed E-state index contributed by atoms with van der Waals surface area (Å²) >= 11 is 1.29. The molecule has 0 unspecified atom stereocenters. The minimum Gasteiger partial charge on any atom is -0.463 e. The first-order valence-corrected chi connectivity index (χ1v) is 12.4. The van der Waals surface area contributed by atoms with Crippen LogP contribution in [0.25, 0.3) is 0 Å². The van der Waals surface area contributed by atoms with Crippen LogP contribution in [0, 0.1) is 24.1 Å². The number of thioether (sulfide) groups is 1. The van der Waals surface area contributed by atoms with Gasteiger partial charge in [-0.25, -0.2) is 14.4 Å². The second kappa shape index (κ2) is 9.09. The largest absolute Gasteiger partial charge is 0.463 e. The topological polar surface area (TPSA) is 123 Å². The van der Waals surface area contributed by atoms with Crippen LogP contribution in [0.3, 0.4) is 0 Å². The highest BCUT2D eigenvalue weighted by Crippen LogP contribution is 2.66. The second-order valence-corrected chi connectivity index (χ2v) is 10.6. The van der Waals surface area contributed by atoms with Gasteiger partial charge in [0.05, 0.1) is 17.9 Å². The molecule has 0 radical (unpaired) electrons. The van der Waals surface area contributed by atoms with Gasteiger partial charge in [0, 0.05) is 30.3 Å². The predicted molar refractivity (Wildman–Crippen MR) is 134 cm³/mol. The van der Waals surface area contributed by atoms with Crippen LogP contribution >= 0.6 is 11.8 Å². The minimum atomic E-state index is -1.05. The number of nitrogens with zero attached hydrogens (tertiary/aromatic N) is 4. The molecule has 1 saturated carbocycles. The number of amidine groups is 1. The fraction of sp³-hybridized carbons (Fsp3) is 0.400. The average molecular weight is 509 g/mol. The Morgan fingerprint density at radius 1 is 1.33 bits per heavy atom. The second-order valence-electron chi connectivity index (χ2n) is 9.23. The van der Waals surface area contributed by atoms with E-state index in [0.717, 1.165) is 25.9 Å². The molecule has 3 aliphatic rings. The van der Waals surface area contributed by atoms with E-state index in [1.54, 1.807) is 13.0 Å². The van der Waals surface area contributed by atoms with Gasteiger partial charge in [-0.3, -0.25) is 14.6 Å². The van der Waals surface area contributed by atoms with Crippen LogP contribution in [0.5, 0.6) is 5.88 Å². The number of amides is 2. The van der Waals surface area contributed by atoms with Crippen molar-refractivity contribution < 1.29 is 18.7 Å². The van der Waals surface area contributed by atoms with Gasteiger partial charge in [-0.1, -0.05) is 17.7 Å². The van der Waals surface area contributed by atoms with Crippen molar-refractivity contribution in [2.45, 2.75) is 36.5 Å². The summed E-state index contributed by atoms with van der Waals surface area (Å²) in [7, 11) is 0. The number of terminal acetylenes is 1. The molecule has 3 heterocycles. The predicted octanol–water partition coefficient (Wildman–Crippen LogP) is 2.54. The number of likely N-dealkylation sites (tertiary alicyclic amines) is 1. The van der Waals surface area contributed by atoms with Crippen LogP contribution in [-0.4, -0.2) is 56.3 Å². The Morgan fingerprint density at radius 3 is 2.81 bits per heavy atom. The Bertz CT molecular complexity index is 1290. The normalized spacial score (nSPS) is 26.4. The summed E-state index contributed by atoms with van der Waals surface area (Å²) in [5.74, 6) is 1.35. The van der Waals surface area contributed by atoms with E-state index in [0.29, 0.717) is 12.1 Å². The molecule has 0 bridgehead atoms. The van der Waals surface area contributed by atoms with Crippen LogP contribution in [0.1, 0.15) is 42.2 Å². The van der Waals surface area contributed by atoms with E-state index >= 15 is 4.39 Å². The number of hydrogen-bond donors (Lipinski definition) is 2. The molecule has 3 atom stereocenters. The number of carbonyl (C=O) groups is 2. The Hall–Kier alpha value is -3.65. The molecule has 1 aromatic heterocycles. The van der Waals surface area contributed by atoms with E-state index in [1.807, 2.05) is 4.90 Å². The molecule has 2 aromatic rings. The van der Waals surface area contributed by atoms with Gasteiger partial charge in [0.1, 0.15) is 16.3 Å². The molecule has 0 spiro atoms. The number of ether oxygens (including phenoxy) is 1. The summed E-state index contributed by atoms with van der Waals surface area (Å²) in [6, 6.07) is 4.28. The third-order valence-electron chi connectivity index (χ3n) is 6.91. The van der Waals surface area contributed by atoms with Gasteiger partial charge in [0.15, 0.2) is 11.8 Å². The maximum atomic E-state index is 15.2. The molecular weight excluding hydrogens is 483 g/mol. The van der Waals surface area contributed by atoms with Crippen molar-refractivity contribution in [1.82, 2.24) is 14.9 Å². The molecular formula is C25H25FN6O3S. The zero-order valence-electron chi connectivity index (χ0n) is 19.7. The first kappa shape index (κ1) is 24.1. The number of halogens is 1. The van der Waals surface area contributed by atoms with E-state index in [-0.39, 0.29) is 40.7 Å². The molecule has 186 valence electrons. The smallest absolute Gasteiger partial charge is 0.275 e. The van der Waals surface area contributed by atoms with Crippen molar-refractivity contribution in [3.63, 3.8) is 0 Å². The number of nitrogens with one attached hydrogen (secondary N) is 1. The lowest BCUT2D eigenvalue weighted by Crippen LogP contribution is -2.45. The third-order valence-corrected chi connectivity index (χ3v) is 8.20. The number of rotatable bonds is 6. The zero-order chi connectivity index (χ0) is 25.5. The molecule has 3 N–H and O–H groups in total. The van der Waals surface area contributed by atoms with Crippen LogP contribution < -0.4 is 15.8 Å². The minimum absolute atomic E-state index is 0.0365. The molecule has 1 aromatic carbocycles. The van der Waals surface area contributed by atoms with Gasteiger partial charge in [0.2, 0.25) is 11.8 Å². The van der Waals surface area contributed by atoms with Gasteiger partial charge in [-0.15, -0.1) is 6.42 Å². The monoisotopic (exact) mass is 508 g/mol. The lowest BCUT2D eigenvalue weighted by atomic mass is 9.85. The van der Waals surface area contributed by atoms with Crippen LogP contribution in [0.4, 0.5) is 10.1 Å². The fourth-order valence-electron chi connectivity index (χ4n) is 5.05. The van der Waals surface area contributed by atoms with E-state index in [4.69, 9.17) is 16.9 Å². The van der Waals surface area contributed by atoms with Gasteiger partial charge < -0.3 is 20.7 Å². The average Bonchev–Trinajstić information content (AvgIpc) is 3.37. The van der Waals surface area contributed by atoms with Crippen LogP contribution in [0.2, 0.25) is 0 Å². The molecule has 1 saturated heterocycles. The SMILES string of the molecule is C#CCOc1cnc(C(=O)Nc2ccc(F)c([C@]3(C)N=C(N)S[C@@]4(C(=O)N5CCCC5)C[C@@H]34)c2)cn1. The molecule has 2 aliphatic heterocycles. The number of benzene rings is 1. The van der Waals surface area contributed by atoms with Crippen molar-refractivity contribution in [1.29, 1.82) is 0 Å². The maximum absolute atomic E-state index is 15.2. The first-order chi connectivity index (χ1) is 17.3. The number of fused-ring (bicyclic) bond motifs is 1. The third kappa shape index (κ3) is 4.15. The van der Waals surface area contributed by atoms with Gasteiger partial charge in [0.25, 0.3) is 5.91 Å². The van der Waals surface area contributed by atoms with Gasteiger partial charge in [-0.05, 0) is 44.4 Å². The standard InChI is InChI=1S/C25H25FN6O3S/c1-3-10-35-20-14-28-18(13-29-20)21(33)30-15-6-7-17(26)16(11-15)24(2)19-12-25(19,36-23(27)31-24)22(34)32-8-4-5-9-32/h1,6-7,11,13-14,19H,4-5,8-10,12H2,2H3,(H2,27,31)(H,30,33)/t19-,24-,25-/m0/s1. The Morgan fingerprint density at radius 2 is 2.11 bits per heavy atom. The molecule has 36 heavy (non-hydrogen) atoms. The summed E-state index contributed by atoms with van der Waals surface area (Å²) in [6.07, 6.45) is 10.2. The Balaban J connectivity index is 1.38. The van der Waals surface area contributed by atoms with Crippen molar-refractivity contribution in [3.05, 3.63) is 47.7 Å². The number of anilines is 1. The highest BCUT2D eigenvalue weighted by Gasteiger charge is 2.71. The van der Waals surface area contributed by atoms with E-state index < -0.39 is 22.0 Å². The lowest BCUT2D eigenvalue weighted by Gasteiger charge is -2.35. The number of hydrogen-bond acceptors (Lipinski definition) is 8. The number of aliphatic imine (C=N–C) groups is 1. The van der Waals surface area contributed by atoms with Crippen molar-refractivity contribution in [3.8, 4) is 18.2 Å². The van der Waals surface area contributed by atoms with Crippen molar-refractivity contribution >= 4 is 34.4 Å². The lowest BCUT2D eigenvalue weighted by molar-refractivity contribution is -0.130. The quantitative estimate of drug-likeness (QED) is 0.575. The number of carbonyl (C=O) groups excluding carboxylic acids is 2. The van der Waals surface area contributed by atoms with Crippen molar-refractivity contribution in [2.75, 3.05) is 25.0 Å². The number of aromatic nitrogens is 2. The highest BCUT2D eigenvalue weighted by molar-refractivity contribution is 8.15. The number of nitrogens with two attached hydrogens (primary N) is 1. The summed E-state index contributed by atoms with van der Waals surface area (Å²) in [4.78, 5) is 40.6. The van der Waals surface area contributed by atoms with Crippen molar-refractivity contribution in [2.24, 2.45) is 16.6 Å². The zero-order valence-corrected chi connectivity index (χ0v) is 20.5. The Labute approximate surface area is 212 Å². The molecule has 9 nitrogen and oxygen atoms in total. The summed E-state index contributed by atoms with van der Waals surface area (Å²) in [5.41, 5.74) is 5.82. The van der Waals surface area contributed by atoms with E-state index in [2.05, 4.69) is 26.2 Å². The highest BCUT2D eigenvalue weighted by atomic mass is 32.2. The summed E-state index contributed by atoms with van der Waals surface area (Å²) < 4.78 is 19.6. The molecule has 5 rings (SSSR count). The van der Waals surface area contributed by atoms with Gasteiger partial charge >= 0.3 is 0 Å². The molecule has 2 fully saturated rings. The fourth-order valence-corrected chi connectivity index (χ4v) is 6.50. The first-order valence-electron chi connectivity index (χ1n) is 11.6. The molecule has 1 aliphatic carbocycles. The molecule has 2 amide bonds. The van der Waals surface area contributed by atoms with E-state index in [9.17, 15) is 9.59 Å². The van der Waals surface area contributed by atoms with E-state index in [1.165, 1.54) is 36.3 Å². The molecule has 11 heteroatoms. The summed E-state index contributed by atoms with van der Waals surface area (Å²) in [5, 5.41) is 2.98. The van der Waals surface area contributed by atoms with Crippen LogP contribution in [-0.2, 0) is 10.3 Å². The maximum Gasteiger partial charge on any atom is 0.275 e. The summed E-state index contributed by atoms with van der Waals surface area (Å²) in [6.45, 7) is 3.30. The Kier molecular flexibility index (Phi) is 6.08. The van der Waals surface area contributed by atoms with Crippen LogP contribution in [0.15, 0.2) is 35.6 Å². The van der Waals surface area contributed by atoms with Gasteiger partial charge in [-0.2, -0.15) is 0 Å².